The summed E-state index contributed by atoms with van der Waals surface area (Å²) >= 11 is 0. The fraction of sp³-hybridized carbons (Fsp3) is 0.588. The Hall–Kier alpha value is -1.49. The molecule has 1 unspecified atom stereocenters. The van der Waals surface area contributed by atoms with Crippen LogP contribution in [-0.2, 0) is 10.2 Å². The molecular weight excluding hydrogens is 288 g/mol. The van der Waals surface area contributed by atoms with E-state index in [0.717, 1.165) is 25.3 Å². The smallest absolute Gasteiger partial charge is 0.230 e. The molecule has 22 heavy (non-hydrogen) atoms. The van der Waals surface area contributed by atoms with E-state index in [4.69, 9.17) is 0 Å². The van der Waals surface area contributed by atoms with Gasteiger partial charge in [0.05, 0.1) is 11.5 Å². The average molecular weight is 311 g/mol. The molecule has 1 atom stereocenters. The van der Waals surface area contributed by atoms with Crippen LogP contribution in [0.2, 0.25) is 0 Å². The maximum absolute atomic E-state index is 14.2. The number of nitrogens with one attached hydrogen (secondary N) is 1. The number of rotatable bonds is 6. The lowest BCUT2D eigenvalue weighted by molar-refractivity contribution is -0.127. The molecule has 0 saturated heterocycles. The van der Waals surface area contributed by atoms with Gasteiger partial charge in [-0.2, -0.15) is 0 Å². The SMILES string of the molecule is CCCC(O)CNC(=O)C1(c2ccc(F)cc2F)CCCC1. The van der Waals surface area contributed by atoms with Gasteiger partial charge in [-0.15, -0.1) is 0 Å². The van der Waals surface area contributed by atoms with Crippen molar-refractivity contribution >= 4 is 5.91 Å². The van der Waals surface area contributed by atoms with E-state index in [0.29, 0.717) is 19.3 Å². The van der Waals surface area contributed by atoms with Gasteiger partial charge in [-0.05, 0) is 25.3 Å². The zero-order valence-electron chi connectivity index (χ0n) is 12.9. The van der Waals surface area contributed by atoms with Gasteiger partial charge in [0.25, 0.3) is 0 Å². The largest absolute Gasteiger partial charge is 0.391 e. The predicted molar refractivity (Wildman–Crippen MR) is 80.4 cm³/mol. The van der Waals surface area contributed by atoms with Crippen LogP contribution >= 0.6 is 0 Å². The molecule has 5 heteroatoms. The van der Waals surface area contributed by atoms with Gasteiger partial charge in [0.2, 0.25) is 5.91 Å². The first-order valence-corrected chi connectivity index (χ1v) is 7.91. The highest BCUT2D eigenvalue weighted by molar-refractivity contribution is 5.88. The maximum Gasteiger partial charge on any atom is 0.230 e. The molecule has 0 aliphatic heterocycles. The van der Waals surface area contributed by atoms with Crippen LogP contribution in [-0.4, -0.2) is 23.7 Å². The molecule has 0 heterocycles. The lowest BCUT2D eigenvalue weighted by atomic mass is 9.77. The molecule has 1 aliphatic carbocycles. The molecular formula is C17H23F2NO2. The highest BCUT2D eigenvalue weighted by Crippen LogP contribution is 2.42. The number of carbonyl (C=O) groups excluding carboxylic acids is 1. The summed E-state index contributed by atoms with van der Waals surface area (Å²) in [6, 6.07) is 3.39. The van der Waals surface area contributed by atoms with Crippen molar-refractivity contribution in [1.29, 1.82) is 0 Å². The number of hydrogen-bond acceptors (Lipinski definition) is 2. The summed E-state index contributed by atoms with van der Waals surface area (Å²) in [7, 11) is 0. The third-order valence-corrected chi connectivity index (χ3v) is 4.46. The lowest BCUT2D eigenvalue weighted by Gasteiger charge is -2.29. The Morgan fingerprint density at radius 3 is 2.64 bits per heavy atom. The first-order chi connectivity index (χ1) is 10.5. The van der Waals surface area contributed by atoms with Crippen molar-refractivity contribution in [3.8, 4) is 0 Å². The first-order valence-electron chi connectivity index (χ1n) is 7.91. The molecule has 1 amide bonds. The second kappa shape index (κ2) is 7.18. The second-order valence-corrected chi connectivity index (χ2v) is 6.07. The fourth-order valence-corrected chi connectivity index (χ4v) is 3.29. The summed E-state index contributed by atoms with van der Waals surface area (Å²) in [6.07, 6.45) is 3.61. The van der Waals surface area contributed by atoms with Crippen LogP contribution in [0.25, 0.3) is 0 Å². The maximum atomic E-state index is 14.2. The molecule has 2 rings (SSSR count). The van der Waals surface area contributed by atoms with E-state index in [1.165, 1.54) is 12.1 Å². The third kappa shape index (κ3) is 3.46. The van der Waals surface area contributed by atoms with Crippen molar-refractivity contribution in [2.75, 3.05) is 6.54 Å². The van der Waals surface area contributed by atoms with E-state index >= 15 is 0 Å². The summed E-state index contributed by atoms with van der Waals surface area (Å²) in [6.45, 7) is 2.12. The molecule has 1 fully saturated rings. The Balaban J connectivity index is 2.19. The standard InChI is InChI=1S/C17H23F2NO2/c1-2-5-13(21)11-20-16(22)17(8-3-4-9-17)14-7-6-12(18)10-15(14)19/h6-7,10,13,21H,2-5,8-9,11H2,1H3,(H,20,22). The van der Waals surface area contributed by atoms with Gasteiger partial charge in [0, 0.05) is 18.2 Å². The summed E-state index contributed by atoms with van der Waals surface area (Å²) in [4.78, 5) is 12.6. The molecule has 0 spiro atoms. The zero-order chi connectivity index (χ0) is 16.2. The quantitative estimate of drug-likeness (QED) is 0.848. The van der Waals surface area contributed by atoms with Crippen molar-refractivity contribution in [1.82, 2.24) is 5.32 Å². The fourth-order valence-electron chi connectivity index (χ4n) is 3.29. The van der Waals surface area contributed by atoms with E-state index in [-0.39, 0.29) is 18.0 Å². The Kier molecular flexibility index (Phi) is 5.51. The highest BCUT2D eigenvalue weighted by Gasteiger charge is 2.44. The zero-order valence-corrected chi connectivity index (χ0v) is 12.9. The van der Waals surface area contributed by atoms with Gasteiger partial charge in [-0.25, -0.2) is 8.78 Å². The molecule has 3 nitrogen and oxygen atoms in total. The number of carbonyl (C=O) groups is 1. The normalized spacial score (nSPS) is 18.2. The van der Waals surface area contributed by atoms with Gasteiger partial charge >= 0.3 is 0 Å². The number of benzene rings is 1. The molecule has 122 valence electrons. The number of aliphatic hydroxyl groups excluding tert-OH is 1. The van der Waals surface area contributed by atoms with E-state index in [9.17, 15) is 18.7 Å². The molecule has 2 N–H and O–H groups in total. The minimum Gasteiger partial charge on any atom is -0.391 e. The predicted octanol–water partition coefficient (Wildman–Crippen LogP) is 3.05. The molecule has 1 aliphatic rings. The number of amides is 1. The third-order valence-electron chi connectivity index (χ3n) is 4.46. The summed E-state index contributed by atoms with van der Waals surface area (Å²) in [5.74, 6) is -1.59. The number of aliphatic hydroxyl groups is 1. The van der Waals surface area contributed by atoms with Gasteiger partial charge in [-0.3, -0.25) is 4.79 Å². The molecule has 1 saturated carbocycles. The number of halogens is 2. The Labute approximate surface area is 129 Å². The van der Waals surface area contributed by atoms with Gasteiger partial charge < -0.3 is 10.4 Å². The van der Waals surface area contributed by atoms with Crippen LogP contribution in [0.4, 0.5) is 8.78 Å². The molecule has 0 aromatic heterocycles. The van der Waals surface area contributed by atoms with Crippen LogP contribution in [0.5, 0.6) is 0 Å². The summed E-state index contributed by atoms with van der Waals surface area (Å²) in [5, 5.41) is 12.5. The van der Waals surface area contributed by atoms with E-state index in [1.807, 2.05) is 6.92 Å². The molecule has 1 aromatic rings. The summed E-state index contributed by atoms with van der Waals surface area (Å²) < 4.78 is 27.3. The van der Waals surface area contributed by atoms with Crippen LogP contribution in [0, 0.1) is 11.6 Å². The Morgan fingerprint density at radius 2 is 2.05 bits per heavy atom. The van der Waals surface area contributed by atoms with E-state index in [2.05, 4.69) is 5.32 Å². The minimum atomic E-state index is -0.941. The molecule has 0 radical (unpaired) electrons. The van der Waals surface area contributed by atoms with Gasteiger partial charge in [-0.1, -0.05) is 32.3 Å². The molecule has 1 aromatic carbocycles. The van der Waals surface area contributed by atoms with Gasteiger partial charge in [0.1, 0.15) is 11.6 Å². The van der Waals surface area contributed by atoms with E-state index < -0.39 is 23.2 Å². The molecule has 0 bridgehead atoms. The average Bonchev–Trinajstić information content (AvgIpc) is 2.95. The van der Waals surface area contributed by atoms with Crippen LogP contribution < -0.4 is 5.32 Å². The van der Waals surface area contributed by atoms with Gasteiger partial charge in [0.15, 0.2) is 0 Å². The van der Waals surface area contributed by atoms with Crippen LogP contribution in [0.3, 0.4) is 0 Å². The number of hydrogen-bond donors (Lipinski definition) is 2. The highest BCUT2D eigenvalue weighted by atomic mass is 19.1. The van der Waals surface area contributed by atoms with Crippen molar-refractivity contribution in [3.05, 3.63) is 35.4 Å². The minimum absolute atomic E-state index is 0.164. The lowest BCUT2D eigenvalue weighted by Crippen LogP contribution is -2.45. The van der Waals surface area contributed by atoms with Crippen molar-refractivity contribution in [2.24, 2.45) is 0 Å². The van der Waals surface area contributed by atoms with Crippen molar-refractivity contribution in [3.63, 3.8) is 0 Å². The topological polar surface area (TPSA) is 49.3 Å². The monoisotopic (exact) mass is 311 g/mol. The van der Waals surface area contributed by atoms with Crippen LogP contribution in [0.15, 0.2) is 18.2 Å². The first kappa shape index (κ1) is 16.9. The van der Waals surface area contributed by atoms with Crippen molar-refractivity contribution in [2.45, 2.75) is 57.0 Å². The Bertz CT molecular complexity index is 527. The van der Waals surface area contributed by atoms with E-state index in [1.54, 1.807) is 0 Å². The summed E-state index contributed by atoms with van der Waals surface area (Å²) in [5.41, 5.74) is -0.683. The van der Waals surface area contributed by atoms with Crippen molar-refractivity contribution < 1.29 is 18.7 Å². The van der Waals surface area contributed by atoms with Crippen LogP contribution in [0.1, 0.15) is 51.0 Å². The Morgan fingerprint density at radius 1 is 1.36 bits per heavy atom. The second-order valence-electron chi connectivity index (χ2n) is 6.07.